The largest absolute Gasteiger partial charge is 0.229 e. The standard InChI is InChI=1S/C6H16N2O4S2/c1-6(2,3)14(11,12)8-4-5-13(7,9)10/h8H,4-5H2,1-3H3,(H2,7,9,10). The molecule has 0 bridgehead atoms. The van der Waals surface area contributed by atoms with Crippen LogP contribution in [0.1, 0.15) is 20.8 Å². The summed E-state index contributed by atoms with van der Waals surface area (Å²) in [5.41, 5.74) is 0. The second kappa shape index (κ2) is 4.13. The first kappa shape index (κ1) is 13.8. The van der Waals surface area contributed by atoms with Crippen molar-refractivity contribution in [3.63, 3.8) is 0 Å². The summed E-state index contributed by atoms with van der Waals surface area (Å²) in [6.45, 7) is 4.36. The van der Waals surface area contributed by atoms with Crippen molar-refractivity contribution in [2.45, 2.75) is 25.5 Å². The van der Waals surface area contributed by atoms with Crippen molar-refractivity contribution in [3.05, 3.63) is 0 Å². The molecule has 0 amide bonds. The zero-order valence-electron chi connectivity index (χ0n) is 8.44. The van der Waals surface area contributed by atoms with Gasteiger partial charge in [0.25, 0.3) is 0 Å². The van der Waals surface area contributed by atoms with E-state index in [1.807, 2.05) is 0 Å². The Kier molecular flexibility index (Phi) is 4.08. The maximum absolute atomic E-state index is 11.4. The molecule has 0 rings (SSSR count). The van der Waals surface area contributed by atoms with Gasteiger partial charge < -0.3 is 0 Å². The number of nitrogens with two attached hydrogens (primary N) is 1. The van der Waals surface area contributed by atoms with Gasteiger partial charge in [-0.1, -0.05) is 0 Å². The highest BCUT2D eigenvalue weighted by Crippen LogP contribution is 2.12. The topological polar surface area (TPSA) is 106 Å². The first-order valence-electron chi connectivity index (χ1n) is 3.95. The van der Waals surface area contributed by atoms with Gasteiger partial charge in [-0.05, 0) is 20.8 Å². The van der Waals surface area contributed by atoms with Crippen molar-refractivity contribution in [1.29, 1.82) is 0 Å². The average Bonchev–Trinajstić information content (AvgIpc) is 1.80. The van der Waals surface area contributed by atoms with Crippen molar-refractivity contribution in [1.82, 2.24) is 4.72 Å². The molecule has 6 nitrogen and oxygen atoms in total. The van der Waals surface area contributed by atoms with E-state index in [0.717, 1.165) is 0 Å². The summed E-state index contributed by atoms with van der Waals surface area (Å²) in [7, 11) is -7.11. The van der Waals surface area contributed by atoms with Gasteiger partial charge >= 0.3 is 0 Å². The number of hydrogen-bond acceptors (Lipinski definition) is 4. The smallest absolute Gasteiger partial charge is 0.216 e. The third kappa shape index (κ3) is 4.89. The van der Waals surface area contributed by atoms with E-state index in [-0.39, 0.29) is 6.54 Å². The predicted octanol–water partition coefficient (Wildman–Crippen LogP) is -1.01. The van der Waals surface area contributed by atoms with Crippen LogP contribution in [0.5, 0.6) is 0 Å². The van der Waals surface area contributed by atoms with E-state index < -0.39 is 30.5 Å². The Hall–Kier alpha value is -0.180. The molecular formula is C6H16N2O4S2. The van der Waals surface area contributed by atoms with Crippen molar-refractivity contribution in [2.24, 2.45) is 5.14 Å². The van der Waals surface area contributed by atoms with Crippen LogP contribution in [0.2, 0.25) is 0 Å². The summed E-state index contributed by atoms with van der Waals surface area (Å²) in [6.07, 6.45) is 0. The Balaban J connectivity index is 4.31. The van der Waals surface area contributed by atoms with Crippen LogP contribution in [0.25, 0.3) is 0 Å². The van der Waals surface area contributed by atoms with Gasteiger partial charge in [0, 0.05) is 6.54 Å². The molecule has 0 unspecified atom stereocenters. The quantitative estimate of drug-likeness (QED) is 0.661. The monoisotopic (exact) mass is 244 g/mol. The Morgan fingerprint density at radius 1 is 1.14 bits per heavy atom. The van der Waals surface area contributed by atoms with Crippen LogP contribution in [0, 0.1) is 0 Å². The third-order valence-electron chi connectivity index (χ3n) is 1.48. The summed E-state index contributed by atoms with van der Waals surface area (Å²) < 4.78 is 45.0. The molecule has 0 aliphatic heterocycles. The normalized spacial score (nSPS) is 14.3. The molecule has 0 heterocycles. The first-order valence-corrected chi connectivity index (χ1v) is 7.15. The Bertz CT molecular complexity index is 377. The average molecular weight is 244 g/mol. The van der Waals surface area contributed by atoms with Crippen molar-refractivity contribution in [3.8, 4) is 0 Å². The molecule has 14 heavy (non-hydrogen) atoms. The molecular weight excluding hydrogens is 228 g/mol. The molecule has 0 saturated heterocycles. The number of hydrogen-bond donors (Lipinski definition) is 2. The summed E-state index contributed by atoms with van der Waals surface area (Å²) in [5.74, 6) is -0.400. The molecule has 0 fully saturated rings. The van der Waals surface area contributed by atoms with E-state index in [4.69, 9.17) is 5.14 Å². The van der Waals surface area contributed by atoms with E-state index in [1.54, 1.807) is 0 Å². The number of sulfonamides is 2. The van der Waals surface area contributed by atoms with Crippen LogP contribution >= 0.6 is 0 Å². The van der Waals surface area contributed by atoms with Crippen molar-refractivity contribution >= 4 is 20.0 Å². The fourth-order valence-electron chi connectivity index (χ4n) is 0.535. The highest BCUT2D eigenvalue weighted by Gasteiger charge is 2.28. The highest BCUT2D eigenvalue weighted by molar-refractivity contribution is 7.91. The summed E-state index contributed by atoms with van der Waals surface area (Å²) in [4.78, 5) is 0. The predicted molar refractivity (Wildman–Crippen MR) is 54.6 cm³/mol. The van der Waals surface area contributed by atoms with E-state index in [1.165, 1.54) is 20.8 Å². The molecule has 0 atom stereocenters. The van der Waals surface area contributed by atoms with E-state index >= 15 is 0 Å². The number of primary sulfonamides is 1. The Morgan fingerprint density at radius 3 is 1.86 bits per heavy atom. The van der Waals surface area contributed by atoms with Gasteiger partial charge in [0.05, 0.1) is 10.5 Å². The molecule has 86 valence electrons. The maximum atomic E-state index is 11.4. The fraction of sp³-hybridized carbons (Fsp3) is 1.00. The first-order chi connectivity index (χ1) is 5.96. The van der Waals surface area contributed by atoms with Crippen LogP contribution in [0.3, 0.4) is 0 Å². The lowest BCUT2D eigenvalue weighted by Crippen LogP contribution is -2.41. The SMILES string of the molecule is CC(C)(C)S(=O)(=O)NCCS(N)(=O)=O. The Morgan fingerprint density at radius 2 is 1.57 bits per heavy atom. The van der Waals surface area contributed by atoms with Crippen molar-refractivity contribution < 1.29 is 16.8 Å². The van der Waals surface area contributed by atoms with Gasteiger partial charge in [0.15, 0.2) is 0 Å². The summed E-state index contributed by atoms with van der Waals surface area (Å²) >= 11 is 0. The second-order valence-electron chi connectivity index (χ2n) is 3.88. The van der Waals surface area contributed by atoms with Crippen LogP contribution in [0.15, 0.2) is 0 Å². The third-order valence-corrected chi connectivity index (χ3v) is 4.45. The Labute approximate surface area is 85.0 Å². The van der Waals surface area contributed by atoms with Gasteiger partial charge in [-0.25, -0.2) is 26.7 Å². The van der Waals surface area contributed by atoms with Gasteiger partial charge in [-0.2, -0.15) is 0 Å². The van der Waals surface area contributed by atoms with Crippen LogP contribution < -0.4 is 9.86 Å². The fourth-order valence-corrected chi connectivity index (χ4v) is 1.85. The van der Waals surface area contributed by atoms with E-state index in [2.05, 4.69) is 4.72 Å². The van der Waals surface area contributed by atoms with Crippen LogP contribution in [-0.4, -0.2) is 33.9 Å². The zero-order valence-corrected chi connectivity index (χ0v) is 10.1. The minimum absolute atomic E-state index is 0.196. The molecule has 8 heteroatoms. The molecule has 0 aromatic rings. The van der Waals surface area contributed by atoms with Gasteiger partial charge in [-0.15, -0.1) is 0 Å². The summed E-state index contributed by atoms with van der Waals surface area (Å²) in [6, 6.07) is 0. The lowest BCUT2D eigenvalue weighted by molar-refractivity contribution is 0.546. The second-order valence-corrected chi connectivity index (χ2v) is 8.13. The van der Waals surface area contributed by atoms with Crippen LogP contribution in [-0.2, 0) is 20.0 Å². The highest BCUT2D eigenvalue weighted by atomic mass is 32.2. The molecule has 0 aliphatic rings. The van der Waals surface area contributed by atoms with Crippen molar-refractivity contribution in [2.75, 3.05) is 12.3 Å². The molecule has 0 radical (unpaired) electrons. The van der Waals surface area contributed by atoms with Gasteiger partial charge in [0.1, 0.15) is 0 Å². The lowest BCUT2D eigenvalue weighted by atomic mass is 10.3. The molecule has 0 spiro atoms. The molecule has 0 saturated carbocycles. The van der Waals surface area contributed by atoms with E-state index in [9.17, 15) is 16.8 Å². The minimum atomic E-state index is -3.62. The van der Waals surface area contributed by atoms with Crippen LogP contribution in [0.4, 0.5) is 0 Å². The number of rotatable bonds is 4. The van der Waals surface area contributed by atoms with E-state index in [0.29, 0.717) is 0 Å². The van der Waals surface area contributed by atoms with Gasteiger partial charge in [-0.3, -0.25) is 0 Å². The zero-order chi connectivity index (χ0) is 11.6. The maximum Gasteiger partial charge on any atom is 0.216 e. The molecule has 0 aromatic heterocycles. The summed E-state index contributed by atoms with van der Waals surface area (Å²) in [5, 5.41) is 4.71. The number of nitrogens with one attached hydrogen (secondary N) is 1. The molecule has 3 N–H and O–H groups in total. The lowest BCUT2D eigenvalue weighted by Gasteiger charge is -2.19. The molecule has 0 aromatic carbocycles. The molecule has 0 aliphatic carbocycles. The van der Waals surface area contributed by atoms with Gasteiger partial charge in [0.2, 0.25) is 20.0 Å². The minimum Gasteiger partial charge on any atom is -0.229 e.